The van der Waals surface area contributed by atoms with E-state index in [-0.39, 0.29) is 11.0 Å². The van der Waals surface area contributed by atoms with Crippen molar-refractivity contribution in [3.05, 3.63) is 40.3 Å². The molecule has 0 radical (unpaired) electrons. The first-order valence-corrected chi connectivity index (χ1v) is 7.29. The topological polar surface area (TPSA) is 63.8 Å². The maximum Gasteiger partial charge on any atom is 0.223 e. The summed E-state index contributed by atoms with van der Waals surface area (Å²) in [6.07, 6.45) is 1.66. The Morgan fingerprint density at radius 1 is 1.42 bits per heavy atom. The Bertz CT molecular complexity index is 552. The minimum atomic E-state index is 0.182. The molecule has 0 bridgehead atoms. The maximum absolute atomic E-state index is 5.58. The molecule has 1 unspecified atom stereocenters. The molecule has 0 aliphatic heterocycles. The molecule has 4 nitrogen and oxygen atoms in total. The van der Waals surface area contributed by atoms with Crippen molar-refractivity contribution in [3.8, 4) is 0 Å². The Balaban J connectivity index is 2.22. The van der Waals surface area contributed by atoms with Crippen LogP contribution in [0.25, 0.3) is 0 Å². The zero-order valence-electron chi connectivity index (χ0n) is 10.8. The molecular formula is C13H16N4S2. The highest BCUT2D eigenvalue weighted by atomic mass is 32.1. The summed E-state index contributed by atoms with van der Waals surface area (Å²) in [6.45, 7) is 4.32. The maximum atomic E-state index is 5.58. The second kappa shape index (κ2) is 6.08. The van der Waals surface area contributed by atoms with E-state index in [1.165, 1.54) is 4.88 Å². The Hall–Kier alpha value is -1.53. The van der Waals surface area contributed by atoms with Gasteiger partial charge in [0.15, 0.2) is 0 Å². The smallest absolute Gasteiger partial charge is 0.223 e. The van der Waals surface area contributed by atoms with Gasteiger partial charge in [-0.2, -0.15) is 0 Å². The lowest BCUT2D eigenvalue weighted by atomic mass is 10.0. The van der Waals surface area contributed by atoms with E-state index in [1.807, 2.05) is 6.07 Å². The Labute approximate surface area is 122 Å². The highest BCUT2D eigenvalue weighted by Gasteiger charge is 2.17. The molecule has 2 heterocycles. The molecule has 0 amide bonds. The first-order valence-electron chi connectivity index (χ1n) is 6.00. The molecule has 2 aromatic rings. The van der Waals surface area contributed by atoms with E-state index in [4.69, 9.17) is 18.0 Å². The van der Waals surface area contributed by atoms with Gasteiger partial charge in [-0.15, -0.1) is 11.3 Å². The molecule has 0 aliphatic rings. The van der Waals surface area contributed by atoms with Crippen LogP contribution in [0.5, 0.6) is 0 Å². The number of aromatic nitrogens is 2. The Kier molecular flexibility index (Phi) is 4.44. The minimum absolute atomic E-state index is 0.182. The highest BCUT2D eigenvalue weighted by Crippen LogP contribution is 2.28. The largest absolute Gasteiger partial charge is 0.388 e. The van der Waals surface area contributed by atoms with E-state index in [0.29, 0.717) is 17.6 Å². The SMILES string of the molecule is CC(C)C(Nc1nccc(C(N)=S)n1)c1cccs1. The van der Waals surface area contributed by atoms with E-state index in [1.54, 1.807) is 23.6 Å². The molecule has 2 rings (SSSR count). The van der Waals surface area contributed by atoms with Gasteiger partial charge in [0, 0.05) is 11.1 Å². The van der Waals surface area contributed by atoms with Crippen LogP contribution in [0.3, 0.4) is 0 Å². The molecule has 100 valence electrons. The first kappa shape index (κ1) is 13.9. The number of nitrogens with zero attached hydrogens (tertiary/aromatic N) is 2. The number of thiocarbonyl (C=S) groups is 1. The predicted octanol–water partition coefficient (Wildman–Crippen LogP) is 2.98. The standard InChI is InChI=1S/C13H16N4S2/c1-8(2)11(10-4-3-7-19-10)17-13-15-6-5-9(16-13)12(14)18/h3-8,11H,1-2H3,(H2,14,18)(H,15,16,17). The fourth-order valence-corrected chi connectivity index (χ4v) is 2.80. The lowest BCUT2D eigenvalue weighted by Crippen LogP contribution is -2.19. The number of nitrogens with one attached hydrogen (secondary N) is 1. The lowest BCUT2D eigenvalue weighted by molar-refractivity contribution is 0.550. The summed E-state index contributed by atoms with van der Waals surface area (Å²) in [5.41, 5.74) is 6.17. The van der Waals surface area contributed by atoms with Crippen molar-refractivity contribution >= 4 is 34.5 Å². The molecule has 0 spiro atoms. The summed E-state index contributed by atoms with van der Waals surface area (Å²) in [4.78, 5) is 10.1. The molecule has 1 atom stereocenters. The second-order valence-corrected chi connectivity index (χ2v) is 5.93. The molecule has 0 fully saturated rings. The summed E-state index contributed by atoms with van der Waals surface area (Å²) in [7, 11) is 0. The molecule has 2 aromatic heterocycles. The van der Waals surface area contributed by atoms with Crippen molar-refractivity contribution < 1.29 is 0 Å². The van der Waals surface area contributed by atoms with Gasteiger partial charge in [-0.25, -0.2) is 9.97 Å². The number of rotatable bonds is 5. The van der Waals surface area contributed by atoms with Crippen molar-refractivity contribution in [3.63, 3.8) is 0 Å². The van der Waals surface area contributed by atoms with E-state index in [0.717, 1.165) is 0 Å². The summed E-state index contributed by atoms with van der Waals surface area (Å²) >= 11 is 6.65. The van der Waals surface area contributed by atoms with Gasteiger partial charge < -0.3 is 11.1 Å². The second-order valence-electron chi connectivity index (χ2n) is 4.51. The van der Waals surface area contributed by atoms with Gasteiger partial charge in [0.1, 0.15) is 10.7 Å². The zero-order chi connectivity index (χ0) is 13.8. The van der Waals surface area contributed by atoms with E-state index in [9.17, 15) is 0 Å². The zero-order valence-corrected chi connectivity index (χ0v) is 12.5. The number of anilines is 1. The molecule has 0 aromatic carbocycles. The number of thiophene rings is 1. The quantitative estimate of drug-likeness (QED) is 0.830. The third-order valence-electron chi connectivity index (χ3n) is 2.71. The summed E-state index contributed by atoms with van der Waals surface area (Å²) in [6, 6.07) is 6.05. The summed E-state index contributed by atoms with van der Waals surface area (Å²) in [5, 5.41) is 5.42. The average molecular weight is 292 g/mol. The van der Waals surface area contributed by atoms with E-state index < -0.39 is 0 Å². The van der Waals surface area contributed by atoms with Crippen LogP contribution >= 0.6 is 23.6 Å². The Morgan fingerprint density at radius 3 is 2.79 bits per heavy atom. The molecule has 6 heteroatoms. The minimum Gasteiger partial charge on any atom is -0.388 e. The number of hydrogen-bond acceptors (Lipinski definition) is 5. The normalized spacial score (nSPS) is 12.4. The molecule has 0 aliphatic carbocycles. The van der Waals surface area contributed by atoms with Gasteiger partial charge in [-0.1, -0.05) is 32.1 Å². The third kappa shape index (κ3) is 3.48. The van der Waals surface area contributed by atoms with Gasteiger partial charge in [0.25, 0.3) is 0 Å². The third-order valence-corrected chi connectivity index (χ3v) is 3.87. The van der Waals surface area contributed by atoms with Crippen molar-refractivity contribution in [2.45, 2.75) is 19.9 Å². The average Bonchev–Trinajstić information content (AvgIpc) is 2.89. The van der Waals surface area contributed by atoms with Crippen LogP contribution in [-0.4, -0.2) is 15.0 Å². The van der Waals surface area contributed by atoms with Gasteiger partial charge >= 0.3 is 0 Å². The van der Waals surface area contributed by atoms with Crippen LogP contribution < -0.4 is 11.1 Å². The van der Waals surface area contributed by atoms with Crippen LogP contribution in [-0.2, 0) is 0 Å². The number of nitrogens with two attached hydrogens (primary N) is 1. The molecule has 19 heavy (non-hydrogen) atoms. The van der Waals surface area contributed by atoms with E-state index in [2.05, 4.69) is 40.6 Å². The predicted molar refractivity (Wildman–Crippen MR) is 83.4 cm³/mol. The van der Waals surface area contributed by atoms with Crippen LogP contribution in [0.15, 0.2) is 29.8 Å². The van der Waals surface area contributed by atoms with Crippen LogP contribution in [0.1, 0.15) is 30.5 Å². The van der Waals surface area contributed by atoms with Crippen molar-refractivity contribution in [2.24, 2.45) is 11.7 Å². The fraction of sp³-hybridized carbons (Fsp3) is 0.308. The lowest BCUT2D eigenvalue weighted by Gasteiger charge is -2.21. The molecule has 0 saturated heterocycles. The van der Waals surface area contributed by atoms with Gasteiger partial charge in [0.2, 0.25) is 5.95 Å². The summed E-state index contributed by atoms with van der Waals surface area (Å²) in [5.74, 6) is 0.980. The van der Waals surface area contributed by atoms with Crippen LogP contribution in [0.2, 0.25) is 0 Å². The van der Waals surface area contributed by atoms with Gasteiger partial charge in [-0.3, -0.25) is 0 Å². The Morgan fingerprint density at radius 2 is 2.21 bits per heavy atom. The summed E-state index contributed by atoms with van der Waals surface area (Å²) < 4.78 is 0. The van der Waals surface area contributed by atoms with Gasteiger partial charge in [0.05, 0.1) is 6.04 Å². The van der Waals surface area contributed by atoms with Crippen molar-refractivity contribution in [1.29, 1.82) is 0 Å². The molecule has 3 N–H and O–H groups in total. The van der Waals surface area contributed by atoms with Crippen LogP contribution in [0.4, 0.5) is 5.95 Å². The number of hydrogen-bond donors (Lipinski definition) is 2. The highest BCUT2D eigenvalue weighted by molar-refractivity contribution is 7.80. The van der Waals surface area contributed by atoms with Crippen molar-refractivity contribution in [2.75, 3.05) is 5.32 Å². The van der Waals surface area contributed by atoms with Crippen molar-refractivity contribution in [1.82, 2.24) is 9.97 Å². The molecule has 0 saturated carbocycles. The monoisotopic (exact) mass is 292 g/mol. The van der Waals surface area contributed by atoms with E-state index >= 15 is 0 Å². The van der Waals surface area contributed by atoms with Crippen LogP contribution in [0, 0.1) is 5.92 Å². The molecular weight excluding hydrogens is 276 g/mol. The first-order chi connectivity index (χ1) is 9.08. The van der Waals surface area contributed by atoms with Gasteiger partial charge in [-0.05, 0) is 23.4 Å². The fourth-order valence-electron chi connectivity index (χ4n) is 1.74.